The average Bonchev–Trinajstić information content (AvgIpc) is 2.92. The quantitative estimate of drug-likeness (QED) is 0.674. The summed E-state index contributed by atoms with van der Waals surface area (Å²) < 4.78 is 10.5. The van der Waals surface area contributed by atoms with Gasteiger partial charge in [-0.2, -0.15) is 5.26 Å². The lowest BCUT2D eigenvalue weighted by Crippen LogP contribution is -2.26. The molecule has 5 nitrogen and oxygen atoms in total. The van der Waals surface area contributed by atoms with Gasteiger partial charge in [0.05, 0.1) is 24.0 Å². The highest BCUT2D eigenvalue weighted by molar-refractivity contribution is 7.12. The number of nitrogens with two attached hydrogens (primary N) is 1. The zero-order valence-electron chi connectivity index (χ0n) is 12.2. The summed E-state index contributed by atoms with van der Waals surface area (Å²) in [6.45, 7) is 3.88. The first-order chi connectivity index (χ1) is 10.5. The van der Waals surface area contributed by atoms with E-state index in [1.54, 1.807) is 6.92 Å². The Labute approximate surface area is 137 Å². The molecule has 0 amide bonds. The van der Waals surface area contributed by atoms with Gasteiger partial charge in [0.1, 0.15) is 17.4 Å². The third-order valence-electron chi connectivity index (χ3n) is 3.16. The lowest BCUT2D eigenvalue weighted by molar-refractivity contribution is -0.139. The molecule has 1 atom stereocenters. The van der Waals surface area contributed by atoms with Crippen LogP contribution in [0.5, 0.6) is 0 Å². The number of alkyl halides is 1. The van der Waals surface area contributed by atoms with E-state index >= 15 is 0 Å². The predicted octanol–water partition coefficient (Wildman–Crippen LogP) is 2.92. The molecule has 1 unspecified atom stereocenters. The average molecular weight is 339 g/mol. The number of halogens is 1. The van der Waals surface area contributed by atoms with Crippen molar-refractivity contribution >= 4 is 28.9 Å². The van der Waals surface area contributed by atoms with Crippen LogP contribution in [0, 0.1) is 18.3 Å². The second kappa shape index (κ2) is 6.86. The number of ether oxygens (including phenoxy) is 2. The summed E-state index contributed by atoms with van der Waals surface area (Å²) in [5, 5.41) is 9.42. The van der Waals surface area contributed by atoms with Gasteiger partial charge in [-0.3, -0.25) is 0 Å². The Balaban J connectivity index is 2.62. The molecule has 0 bridgehead atoms. The molecular weight excluding hydrogens is 324 g/mol. The normalized spacial score (nSPS) is 18.0. The number of rotatable bonds is 4. The van der Waals surface area contributed by atoms with E-state index < -0.39 is 11.9 Å². The number of carbonyl (C=O) groups excluding carboxylic acids is 1. The first kappa shape index (κ1) is 16.4. The Kier molecular flexibility index (Phi) is 5.11. The van der Waals surface area contributed by atoms with Crippen LogP contribution in [0.15, 0.2) is 34.9 Å². The first-order valence-corrected chi connectivity index (χ1v) is 7.98. The summed E-state index contributed by atoms with van der Waals surface area (Å²) >= 11 is 7.37. The van der Waals surface area contributed by atoms with Crippen molar-refractivity contribution < 1.29 is 14.3 Å². The fourth-order valence-corrected chi connectivity index (χ4v) is 3.44. The molecule has 0 aromatic carbocycles. The van der Waals surface area contributed by atoms with Gasteiger partial charge >= 0.3 is 5.97 Å². The Morgan fingerprint density at radius 3 is 2.82 bits per heavy atom. The largest absolute Gasteiger partial charge is 0.463 e. The maximum atomic E-state index is 12.3. The van der Waals surface area contributed by atoms with Crippen molar-refractivity contribution in [2.75, 3.05) is 12.5 Å². The molecule has 1 aromatic heterocycles. The molecule has 2 N–H and O–H groups in total. The van der Waals surface area contributed by atoms with E-state index in [1.807, 2.05) is 25.1 Å². The lowest BCUT2D eigenvalue weighted by atomic mass is 9.87. The topological polar surface area (TPSA) is 85.3 Å². The molecule has 0 saturated heterocycles. The van der Waals surface area contributed by atoms with E-state index in [1.165, 1.54) is 11.3 Å². The summed E-state index contributed by atoms with van der Waals surface area (Å²) in [4.78, 5) is 14.2. The number of esters is 1. The van der Waals surface area contributed by atoms with E-state index in [2.05, 4.69) is 0 Å². The molecule has 1 aliphatic rings. The highest BCUT2D eigenvalue weighted by Crippen LogP contribution is 2.42. The summed E-state index contributed by atoms with van der Waals surface area (Å²) in [6, 6.07) is 5.82. The van der Waals surface area contributed by atoms with Crippen LogP contribution in [0.2, 0.25) is 0 Å². The maximum absolute atomic E-state index is 12.3. The highest BCUT2D eigenvalue weighted by atomic mass is 35.5. The van der Waals surface area contributed by atoms with Crippen LogP contribution in [-0.4, -0.2) is 18.5 Å². The fourth-order valence-electron chi connectivity index (χ4n) is 2.24. The maximum Gasteiger partial charge on any atom is 0.338 e. The van der Waals surface area contributed by atoms with Gasteiger partial charge in [0.25, 0.3) is 0 Å². The minimum Gasteiger partial charge on any atom is -0.463 e. The molecule has 0 spiro atoms. The summed E-state index contributed by atoms with van der Waals surface area (Å²) in [7, 11) is 0. The molecule has 22 heavy (non-hydrogen) atoms. The van der Waals surface area contributed by atoms with Crippen molar-refractivity contribution in [3.05, 3.63) is 44.7 Å². The van der Waals surface area contributed by atoms with Crippen LogP contribution in [0.25, 0.3) is 0 Å². The van der Waals surface area contributed by atoms with Gasteiger partial charge in [-0.15, -0.1) is 22.9 Å². The fraction of sp³-hybridized carbons (Fsp3) is 0.333. The predicted molar refractivity (Wildman–Crippen MR) is 84.1 cm³/mol. The molecule has 7 heteroatoms. The van der Waals surface area contributed by atoms with E-state index in [0.717, 1.165) is 9.75 Å². The number of nitriles is 1. The highest BCUT2D eigenvalue weighted by Gasteiger charge is 2.38. The smallest absolute Gasteiger partial charge is 0.338 e. The molecule has 2 rings (SSSR count). The summed E-state index contributed by atoms with van der Waals surface area (Å²) in [6.07, 6.45) is 0. The van der Waals surface area contributed by atoms with Crippen LogP contribution in [0.3, 0.4) is 0 Å². The van der Waals surface area contributed by atoms with Crippen molar-refractivity contribution in [3.63, 3.8) is 0 Å². The molecule has 2 heterocycles. The number of carbonyl (C=O) groups is 1. The monoisotopic (exact) mass is 338 g/mol. The summed E-state index contributed by atoms with van der Waals surface area (Å²) in [5.41, 5.74) is 6.25. The zero-order valence-corrected chi connectivity index (χ0v) is 13.8. The molecule has 1 aromatic rings. The standard InChI is InChI=1S/C15H15ClN2O3S/c1-3-20-15(19)13-10(6-16)21-14(18)9(7-17)12(13)11-5-4-8(2)22-11/h4-5,12H,3,6,18H2,1-2H3. The third-order valence-corrected chi connectivity index (χ3v) is 4.47. The van der Waals surface area contributed by atoms with Crippen LogP contribution in [-0.2, 0) is 14.3 Å². The third kappa shape index (κ3) is 2.96. The lowest BCUT2D eigenvalue weighted by Gasteiger charge is -2.26. The Morgan fingerprint density at radius 2 is 2.32 bits per heavy atom. The molecule has 1 aliphatic heterocycles. The van der Waals surface area contributed by atoms with Crippen molar-refractivity contribution in [2.24, 2.45) is 5.73 Å². The molecule has 0 fully saturated rings. The van der Waals surface area contributed by atoms with E-state index in [9.17, 15) is 10.1 Å². The van der Waals surface area contributed by atoms with Crippen molar-refractivity contribution in [3.8, 4) is 6.07 Å². The molecule has 0 radical (unpaired) electrons. The molecule has 0 aliphatic carbocycles. The van der Waals surface area contributed by atoms with Gasteiger partial charge in [-0.25, -0.2) is 4.79 Å². The Hall–Kier alpha value is -1.97. The zero-order chi connectivity index (χ0) is 16.3. The Bertz CT molecular complexity index is 700. The number of thiophene rings is 1. The van der Waals surface area contributed by atoms with Crippen molar-refractivity contribution in [1.82, 2.24) is 0 Å². The van der Waals surface area contributed by atoms with Crippen LogP contribution < -0.4 is 5.73 Å². The molecular formula is C15H15ClN2O3S. The van der Waals surface area contributed by atoms with Gasteiger partial charge < -0.3 is 15.2 Å². The van der Waals surface area contributed by atoms with Gasteiger partial charge in [0.15, 0.2) is 0 Å². The molecule has 116 valence electrons. The van der Waals surface area contributed by atoms with E-state index in [0.29, 0.717) is 0 Å². The number of allylic oxidation sites excluding steroid dienone is 2. The van der Waals surface area contributed by atoms with Crippen LogP contribution >= 0.6 is 22.9 Å². The Morgan fingerprint density at radius 1 is 1.59 bits per heavy atom. The van der Waals surface area contributed by atoms with Gasteiger partial charge in [0.2, 0.25) is 5.88 Å². The van der Waals surface area contributed by atoms with Crippen molar-refractivity contribution in [1.29, 1.82) is 5.26 Å². The summed E-state index contributed by atoms with van der Waals surface area (Å²) in [5.74, 6) is -0.983. The second-order valence-corrected chi connectivity index (χ2v) is 6.15. The number of nitrogens with zero attached hydrogens (tertiary/aromatic N) is 1. The van der Waals surface area contributed by atoms with E-state index in [-0.39, 0.29) is 35.3 Å². The first-order valence-electron chi connectivity index (χ1n) is 6.63. The number of hydrogen-bond acceptors (Lipinski definition) is 6. The van der Waals surface area contributed by atoms with Crippen molar-refractivity contribution in [2.45, 2.75) is 19.8 Å². The minimum absolute atomic E-state index is 0.0257. The SMILES string of the molecule is CCOC(=O)C1=C(CCl)OC(N)=C(C#N)C1c1ccc(C)s1. The molecule has 0 saturated carbocycles. The van der Waals surface area contributed by atoms with Gasteiger partial charge in [0, 0.05) is 9.75 Å². The van der Waals surface area contributed by atoms with Gasteiger partial charge in [-0.05, 0) is 26.0 Å². The number of aryl methyl sites for hydroxylation is 1. The minimum atomic E-state index is -0.606. The van der Waals surface area contributed by atoms with E-state index in [4.69, 9.17) is 26.8 Å². The van der Waals surface area contributed by atoms with Gasteiger partial charge in [-0.1, -0.05) is 0 Å². The second-order valence-electron chi connectivity index (χ2n) is 4.56. The number of hydrogen-bond donors (Lipinski definition) is 1. The van der Waals surface area contributed by atoms with Crippen LogP contribution in [0.4, 0.5) is 0 Å². The van der Waals surface area contributed by atoms with Crippen LogP contribution in [0.1, 0.15) is 22.6 Å².